The SMILES string of the molecule is Cc1ccc(C(=O)NCC(=O)NCCc2ccc(-c3csc(C)n3)s2)cc1. The van der Waals surface area contributed by atoms with Gasteiger partial charge in [0, 0.05) is 22.4 Å². The number of hydrogen-bond acceptors (Lipinski definition) is 5. The Morgan fingerprint density at radius 2 is 1.81 bits per heavy atom. The van der Waals surface area contributed by atoms with Gasteiger partial charge in [-0.25, -0.2) is 4.98 Å². The van der Waals surface area contributed by atoms with Crippen LogP contribution in [0.5, 0.6) is 0 Å². The molecule has 2 aromatic heterocycles. The van der Waals surface area contributed by atoms with E-state index in [4.69, 9.17) is 0 Å². The van der Waals surface area contributed by atoms with Crippen molar-refractivity contribution >= 4 is 34.5 Å². The molecular formula is C20H21N3O2S2. The molecule has 0 unspecified atom stereocenters. The van der Waals surface area contributed by atoms with Crippen LogP contribution >= 0.6 is 22.7 Å². The number of rotatable bonds is 7. The normalized spacial score (nSPS) is 10.6. The Kier molecular flexibility index (Phi) is 6.36. The highest BCUT2D eigenvalue weighted by atomic mass is 32.1. The lowest BCUT2D eigenvalue weighted by Gasteiger charge is -2.07. The number of hydrogen-bond donors (Lipinski definition) is 2. The fourth-order valence-corrected chi connectivity index (χ4v) is 4.14. The molecule has 3 rings (SSSR count). The zero-order valence-electron chi connectivity index (χ0n) is 15.2. The standard InChI is InChI=1S/C20H21N3O2S2/c1-13-3-5-15(6-4-13)20(25)22-11-19(24)21-10-9-16-7-8-18(27-16)17-12-26-14(2)23-17/h3-8,12H,9-11H2,1-2H3,(H,21,24)(H,22,25). The lowest BCUT2D eigenvalue weighted by molar-refractivity contribution is -0.120. The van der Waals surface area contributed by atoms with Gasteiger partial charge in [-0.3, -0.25) is 9.59 Å². The summed E-state index contributed by atoms with van der Waals surface area (Å²) in [5.74, 6) is -0.436. The number of amides is 2. The Hall–Kier alpha value is -2.51. The summed E-state index contributed by atoms with van der Waals surface area (Å²) in [5.41, 5.74) is 2.65. The molecule has 2 amide bonds. The Balaban J connectivity index is 1.40. The second-order valence-electron chi connectivity index (χ2n) is 6.17. The molecule has 7 heteroatoms. The van der Waals surface area contributed by atoms with Crippen LogP contribution in [0.15, 0.2) is 41.8 Å². The summed E-state index contributed by atoms with van der Waals surface area (Å²) in [7, 11) is 0. The molecule has 27 heavy (non-hydrogen) atoms. The van der Waals surface area contributed by atoms with Crippen LogP contribution in [0.3, 0.4) is 0 Å². The average molecular weight is 400 g/mol. The molecular weight excluding hydrogens is 378 g/mol. The lowest BCUT2D eigenvalue weighted by Crippen LogP contribution is -2.37. The van der Waals surface area contributed by atoms with E-state index >= 15 is 0 Å². The number of carbonyl (C=O) groups is 2. The molecule has 0 fully saturated rings. The van der Waals surface area contributed by atoms with E-state index in [0.717, 1.165) is 27.6 Å². The molecule has 0 saturated carbocycles. The average Bonchev–Trinajstić information content (AvgIpc) is 3.29. The maximum Gasteiger partial charge on any atom is 0.251 e. The van der Waals surface area contributed by atoms with E-state index in [1.165, 1.54) is 4.88 Å². The minimum atomic E-state index is -0.244. The number of thiazole rings is 1. The van der Waals surface area contributed by atoms with Crippen LogP contribution in [0.2, 0.25) is 0 Å². The van der Waals surface area contributed by atoms with Gasteiger partial charge in [-0.2, -0.15) is 0 Å². The van der Waals surface area contributed by atoms with Crippen molar-refractivity contribution in [3.63, 3.8) is 0 Å². The van der Waals surface area contributed by atoms with Crippen molar-refractivity contribution in [1.29, 1.82) is 0 Å². The van der Waals surface area contributed by atoms with E-state index in [2.05, 4.69) is 33.1 Å². The predicted molar refractivity (Wildman–Crippen MR) is 110 cm³/mol. The van der Waals surface area contributed by atoms with Crippen LogP contribution in [-0.2, 0) is 11.2 Å². The third kappa shape index (κ3) is 5.48. The fourth-order valence-electron chi connectivity index (χ4n) is 2.48. The predicted octanol–water partition coefficient (Wildman–Crippen LogP) is 3.58. The summed E-state index contributed by atoms with van der Waals surface area (Å²) in [6, 6.07) is 11.4. The molecule has 2 N–H and O–H groups in total. The summed E-state index contributed by atoms with van der Waals surface area (Å²) < 4.78 is 0. The molecule has 0 aliphatic heterocycles. The summed E-state index contributed by atoms with van der Waals surface area (Å²) in [5, 5.41) is 8.59. The monoisotopic (exact) mass is 399 g/mol. The quantitative estimate of drug-likeness (QED) is 0.638. The van der Waals surface area contributed by atoms with Crippen molar-refractivity contribution < 1.29 is 9.59 Å². The summed E-state index contributed by atoms with van der Waals surface area (Å²) in [6.45, 7) is 4.47. The summed E-state index contributed by atoms with van der Waals surface area (Å²) >= 11 is 3.33. The van der Waals surface area contributed by atoms with Crippen LogP contribution < -0.4 is 10.6 Å². The van der Waals surface area contributed by atoms with Gasteiger partial charge in [-0.15, -0.1) is 22.7 Å². The molecule has 0 aliphatic carbocycles. The minimum absolute atomic E-state index is 0.0273. The highest BCUT2D eigenvalue weighted by Crippen LogP contribution is 2.29. The Morgan fingerprint density at radius 3 is 2.52 bits per heavy atom. The maximum absolute atomic E-state index is 12.0. The molecule has 3 aromatic rings. The first-order chi connectivity index (χ1) is 13.0. The van der Waals surface area contributed by atoms with Crippen LogP contribution in [0.1, 0.15) is 25.8 Å². The highest BCUT2D eigenvalue weighted by molar-refractivity contribution is 7.16. The third-order valence-corrected chi connectivity index (χ3v) is 5.89. The van der Waals surface area contributed by atoms with Gasteiger partial charge in [-0.1, -0.05) is 17.7 Å². The smallest absolute Gasteiger partial charge is 0.251 e. The van der Waals surface area contributed by atoms with Crippen LogP contribution in [0.25, 0.3) is 10.6 Å². The number of benzene rings is 1. The third-order valence-electron chi connectivity index (χ3n) is 3.95. The molecule has 2 heterocycles. The largest absolute Gasteiger partial charge is 0.354 e. The molecule has 0 radical (unpaired) electrons. The van der Waals surface area contributed by atoms with E-state index in [1.807, 2.05) is 26.0 Å². The number of nitrogens with one attached hydrogen (secondary N) is 2. The van der Waals surface area contributed by atoms with Gasteiger partial charge in [0.25, 0.3) is 5.91 Å². The first-order valence-electron chi connectivity index (χ1n) is 8.64. The van der Waals surface area contributed by atoms with E-state index < -0.39 is 0 Å². The minimum Gasteiger partial charge on any atom is -0.354 e. The number of aromatic nitrogens is 1. The maximum atomic E-state index is 12.0. The lowest BCUT2D eigenvalue weighted by atomic mass is 10.1. The molecule has 0 atom stereocenters. The van der Waals surface area contributed by atoms with Crippen LogP contribution in [0.4, 0.5) is 0 Å². The Morgan fingerprint density at radius 1 is 1.04 bits per heavy atom. The first kappa shape index (κ1) is 19.3. The van der Waals surface area contributed by atoms with Gasteiger partial charge in [0.2, 0.25) is 5.91 Å². The van der Waals surface area contributed by atoms with E-state index in [1.54, 1.807) is 34.8 Å². The Labute approximate surface area is 166 Å². The van der Waals surface area contributed by atoms with Gasteiger partial charge in [0.05, 0.1) is 22.1 Å². The van der Waals surface area contributed by atoms with Crippen molar-refractivity contribution in [2.24, 2.45) is 0 Å². The first-order valence-corrected chi connectivity index (χ1v) is 10.3. The number of carbonyl (C=O) groups excluding carboxylic acids is 2. The van der Waals surface area contributed by atoms with Crippen molar-refractivity contribution in [2.45, 2.75) is 20.3 Å². The van der Waals surface area contributed by atoms with Gasteiger partial charge in [0.1, 0.15) is 0 Å². The molecule has 0 saturated heterocycles. The number of thiophene rings is 1. The zero-order chi connectivity index (χ0) is 19.2. The van der Waals surface area contributed by atoms with Crippen molar-refractivity contribution in [2.75, 3.05) is 13.1 Å². The fraction of sp³-hybridized carbons (Fsp3) is 0.250. The molecule has 140 valence electrons. The highest BCUT2D eigenvalue weighted by Gasteiger charge is 2.09. The van der Waals surface area contributed by atoms with E-state index in [0.29, 0.717) is 12.1 Å². The Bertz CT molecular complexity index is 929. The number of aryl methyl sites for hydroxylation is 2. The van der Waals surface area contributed by atoms with E-state index in [9.17, 15) is 9.59 Å². The molecule has 1 aromatic carbocycles. The zero-order valence-corrected chi connectivity index (χ0v) is 16.9. The molecule has 0 spiro atoms. The summed E-state index contributed by atoms with van der Waals surface area (Å²) in [6.07, 6.45) is 0.755. The summed E-state index contributed by atoms with van der Waals surface area (Å²) in [4.78, 5) is 30.8. The molecule has 5 nitrogen and oxygen atoms in total. The second kappa shape index (κ2) is 8.92. The van der Waals surface area contributed by atoms with Gasteiger partial charge in [-0.05, 0) is 44.5 Å². The van der Waals surface area contributed by atoms with Crippen molar-refractivity contribution in [1.82, 2.24) is 15.6 Å². The van der Waals surface area contributed by atoms with Gasteiger partial charge in [0.15, 0.2) is 0 Å². The molecule has 0 bridgehead atoms. The topological polar surface area (TPSA) is 71.1 Å². The van der Waals surface area contributed by atoms with E-state index in [-0.39, 0.29) is 18.4 Å². The molecule has 0 aliphatic rings. The van der Waals surface area contributed by atoms with Crippen molar-refractivity contribution in [3.05, 3.63) is 62.8 Å². The van der Waals surface area contributed by atoms with Crippen LogP contribution in [-0.4, -0.2) is 29.9 Å². The second-order valence-corrected chi connectivity index (χ2v) is 8.40. The number of nitrogens with zero attached hydrogens (tertiary/aromatic N) is 1. The van der Waals surface area contributed by atoms with Crippen LogP contribution in [0, 0.1) is 13.8 Å². The van der Waals surface area contributed by atoms with Crippen molar-refractivity contribution in [3.8, 4) is 10.6 Å². The van der Waals surface area contributed by atoms with Gasteiger partial charge < -0.3 is 10.6 Å². The van der Waals surface area contributed by atoms with Gasteiger partial charge >= 0.3 is 0 Å².